The minimum absolute atomic E-state index is 0. The van der Waals surface area contributed by atoms with E-state index in [1.807, 2.05) is 36.1 Å². The number of hydrogen-bond acceptors (Lipinski definition) is 6. The third kappa shape index (κ3) is 5.87. The largest absolute Gasteiger partial charge is 0.494 e. The van der Waals surface area contributed by atoms with Crippen molar-refractivity contribution in [2.45, 2.75) is 26.2 Å². The van der Waals surface area contributed by atoms with E-state index in [0.29, 0.717) is 12.2 Å². The van der Waals surface area contributed by atoms with Gasteiger partial charge in [-0.15, -0.1) is 17.0 Å². The van der Waals surface area contributed by atoms with Crippen LogP contribution in [0.25, 0.3) is 0 Å². The van der Waals surface area contributed by atoms with Gasteiger partial charge in [-0.05, 0) is 44.0 Å². The second-order valence-electron chi connectivity index (χ2n) is 6.50. The van der Waals surface area contributed by atoms with Crippen LogP contribution in [0.1, 0.15) is 36.5 Å². The van der Waals surface area contributed by atoms with Crippen molar-refractivity contribution in [3.63, 3.8) is 0 Å². The van der Waals surface area contributed by atoms with Gasteiger partial charge in [0.15, 0.2) is 5.78 Å². The monoisotopic (exact) mass is 461 g/mol. The van der Waals surface area contributed by atoms with Crippen LogP contribution in [0, 0.1) is 10.1 Å². The Labute approximate surface area is 180 Å². The summed E-state index contributed by atoms with van der Waals surface area (Å²) < 4.78 is 5.49. The third-order valence-electron chi connectivity index (χ3n) is 4.55. The highest BCUT2D eigenvalue weighted by molar-refractivity contribution is 8.93. The number of non-ortho nitro benzene ring substituents is 1. The number of hydrogen-bond donors (Lipinski definition) is 0. The Balaban J connectivity index is 0.00000300. The molecule has 0 radical (unpaired) electrons. The summed E-state index contributed by atoms with van der Waals surface area (Å²) in [5.74, 6) is 1.45. The van der Waals surface area contributed by atoms with Crippen molar-refractivity contribution in [2.24, 2.45) is 4.99 Å². The number of Topliss-reactive ketones (excluding diaryl/α,β-unsaturated/α-hetero) is 1. The number of nitrogens with zero attached hydrogens (tertiary/aromatic N) is 3. The zero-order chi connectivity index (χ0) is 19.9. The molecule has 2 aromatic carbocycles. The number of nitro groups is 1. The lowest BCUT2D eigenvalue weighted by molar-refractivity contribution is -0.384. The molecule has 2 aromatic rings. The summed E-state index contributed by atoms with van der Waals surface area (Å²) in [6, 6.07) is 13.4. The van der Waals surface area contributed by atoms with Gasteiger partial charge in [0.2, 0.25) is 0 Å². The van der Waals surface area contributed by atoms with Gasteiger partial charge in [-0.3, -0.25) is 19.9 Å². The van der Waals surface area contributed by atoms with E-state index in [0.717, 1.165) is 43.1 Å². The third-order valence-corrected chi connectivity index (χ3v) is 4.55. The molecule has 1 aliphatic heterocycles. The minimum atomic E-state index is -0.494. The number of nitro benzene ring substituents is 1. The molecule has 0 fully saturated rings. The fourth-order valence-corrected chi connectivity index (χ4v) is 3.15. The van der Waals surface area contributed by atoms with Crippen molar-refractivity contribution in [1.29, 1.82) is 0 Å². The zero-order valence-electron chi connectivity index (χ0n) is 16.2. The molecule has 0 atom stereocenters. The smallest absolute Gasteiger partial charge is 0.270 e. The summed E-state index contributed by atoms with van der Waals surface area (Å²) in [6.07, 6.45) is 2.87. The summed E-state index contributed by atoms with van der Waals surface area (Å²) in [6.45, 7) is 3.33. The van der Waals surface area contributed by atoms with Crippen LogP contribution in [0.3, 0.4) is 0 Å². The van der Waals surface area contributed by atoms with E-state index in [1.165, 1.54) is 18.2 Å². The molecule has 0 saturated carbocycles. The molecule has 8 heteroatoms. The predicted octanol–water partition coefficient (Wildman–Crippen LogP) is 4.84. The highest BCUT2D eigenvalue weighted by atomic mass is 79.9. The molecule has 7 nitrogen and oxygen atoms in total. The van der Waals surface area contributed by atoms with Gasteiger partial charge in [0, 0.05) is 36.3 Å². The summed E-state index contributed by atoms with van der Waals surface area (Å²) in [5.41, 5.74) is 1.08. The molecule has 0 aromatic heterocycles. The zero-order valence-corrected chi connectivity index (χ0v) is 18.0. The number of amidine groups is 1. The van der Waals surface area contributed by atoms with Gasteiger partial charge in [-0.2, -0.15) is 0 Å². The van der Waals surface area contributed by atoms with Crippen LogP contribution in [0.4, 0.5) is 11.4 Å². The van der Waals surface area contributed by atoms with Crippen molar-refractivity contribution in [3.8, 4) is 5.75 Å². The number of aliphatic imine (C=N–C) groups is 1. The first-order valence-corrected chi connectivity index (χ1v) is 9.40. The molecule has 29 heavy (non-hydrogen) atoms. The van der Waals surface area contributed by atoms with Crippen LogP contribution in [0.15, 0.2) is 53.5 Å². The van der Waals surface area contributed by atoms with Gasteiger partial charge < -0.3 is 9.64 Å². The fraction of sp³-hybridized carbons (Fsp3) is 0.333. The van der Waals surface area contributed by atoms with Crippen LogP contribution < -0.4 is 9.64 Å². The quantitative estimate of drug-likeness (QED) is 0.334. The summed E-state index contributed by atoms with van der Waals surface area (Å²) in [5, 5.41) is 11.0. The Morgan fingerprint density at radius 2 is 1.97 bits per heavy atom. The maximum Gasteiger partial charge on any atom is 0.270 e. The Kier molecular flexibility index (Phi) is 8.33. The normalized spacial score (nSPS) is 13.1. The van der Waals surface area contributed by atoms with E-state index in [4.69, 9.17) is 4.74 Å². The highest BCUT2D eigenvalue weighted by Crippen LogP contribution is 2.23. The van der Waals surface area contributed by atoms with Crippen LogP contribution in [-0.4, -0.2) is 36.2 Å². The molecule has 0 saturated heterocycles. The first-order valence-electron chi connectivity index (χ1n) is 9.40. The Hall–Kier alpha value is -2.74. The molecule has 1 heterocycles. The molecule has 0 aliphatic carbocycles. The van der Waals surface area contributed by atoms with Gasteiger partial charge >= 0.3 is 0 Å². The Morgan fingerprint density at radius 3 is 2.59 bits per heavy atom. The van der Waals surface area contributed by atoms with Crippen molar-refractivity contribution in [3.05, 3.63) is 64.2 Å². The lowest BCUT2D eigenvalue weighted by Crippen LogP contribution is -2.37. The topological polar surface area (TPSA) is 85.0 Å². The molecule has 0 spiro atoms. The van der Waals surface area contributed by atoms with Crippen LogP contribution in [0.5, 0.6) is 5.75 Å². The van der Waals surface area contributed by atoms with Gasteiger partial charge in [0.1, 0.15) is 11.6 Å². The summed E-state index contributed by atoms with van der Waals surface area (Å²) >= 11 is 0. The first kappa shape index (κ1) is 22.5. The van der Waals surface area contributed by atoms with Gasteiger partial charge in [0.25, 0.3) is 5.69 Å². The average molecular weight is 462 g/mol. The number of carbonyl (C=O) groups is 1. The molecule has 0 unspecified atom stereocenters. The second-order valence-corrected chi connectivity index (χ2v) is 6.50. The van der Waals surface area contributed by atoms with E-state index in [2.05, 4.69) is 4.99 Å². The summed E-state index contributed by atoms with van der Waals surface area (Å²) in [7, 11) is 0. The maximum atomic E-state index is 12.9. The van der Waals surface area contributed by atoms with Crippen LogP contribution in [-0.2, 0) is 0 Å². The van der Waals surface area contributed by atoms with Crippen molar-refractivity contribution in [1.82, 2.24) is 0 Å². The van der Waals surface area contributed by atoms with Gasteiger partial charge in [-0.1, -0.05) is 12.1 Å². The predicted molar refractivity (Wildman–Crippen MR) is 119 cm³/mol. The van der Waals surface area contributed by atoms with E-state index >= 15 is 0 Å². The molecule has 3 rings (SSSR count). The number of ether oxygens (including phenoxy) is 1. The fourth-order valence-electron chi connectivity index (χ4n) is 3.15. The lowest BCUT2D eigenvalue weighted by Gasteiger charge is -2.28. The second kappa shape index (κ2) is 10.7. The molecule has 0 bridgehead atoms. The SMILES string of the molecule is Br.CCOc1ccc(N(CC(=O)c2cccc([N+](=O)[O-])c2)C2=NCCCC2)cc1. The van der Waals surface area contributed by atoms with E-state index in [1.54, 1.807) is 6.07 Å². The summed E-state index contributed by atoms with van der Waals surface area (Å²) in [4.78, 5) is 29.9. The van der Waals surface area contributed by atoms with Crippen molar-refractivity contribution >= 4 is 40.0 Å². The number of rotatable bonds is 7. The van der Waals surface area contributed by atoms with E-state index < -0.39 is 4.92 Å². The highest BCUT2D eigenvalue weighted by Gasteiger charge is 2.21. The Bertz CT molecular complexity index is 884. The lowest BCUT2D eigenvalue weighted by atomic mass is 10.1. The first-order chi connectivity index (χ1) is 13.6. The van der Waals surface area contributed by atoms with E-state index in [-0.39, 0.29) is 35.0 Å². The number of anilines is 1. The molecule has 0 amide bonds. The average Bonchev–Trinajstić information content (AvgIpc) is 2.73. The number of halogens is 1. The maximum absolute atomic E-state index is 12.9. The molecular formula is C21H24BrN3O4. The van der Waals surface area contributed by atoms with Crippen LogP contribution in [0.2, 0.25) is 0 Å². The molecule has 154 valence electrons. The number of ketones is 1. The van der Waals surface area contributed by atoms with Gasteiger partial charge in [-0.25, -0.2) is 0 Å². The molecule has 1 aliphatic rings. The molecule has 0 N–H and O–H groups in total. The Morgan fingerprint density at radius 1 is 1.21 bits per heavy atom. The van der Waals surface area contributed by atoms with E-state index in [9.17, 15) is 14.9 Å². The van der Waals surface area contributed by atoms with Crippen molar-refractivity contribution in [2.75, 3.05) is 24.6 Å². The van der Waals surface area contributed by atoms with Crippen LogP contribution >= 0.6 is 17.0 Å². The van der Waals surface area contributed by atoms with Gasteiger partial charge in [0.05, 0.1) is 18.1 Å². The minimum Gasteiger partial charge on any atom is -0.494 e. The standard InChI is InChI=1S/C21H23N3O4.BrH/c1-2-28-19-11-9-17(10-12-19)23(21-8-3-4-13-22-21)15-20(25)16-6-5-7-18(14-16)24(26)27;/h5-7,9-12,14H,2-4,8,13,15H2,1H3;1H. The number of benzene rings is 2. The number of carbonyl (C=O) groups excluding carboxylic acids is 1. The van der Waals surface area contributed by atoms with Crippen molar-refractivity contribution < 1.29 is 14.5 Å². The molecular weight excluding hydrogens is 438 g/mol.